The summed E-state index contributed by atoms with van der Waals surface area (Å²) >= 11 is 5.00. The highest BCUT2D eigenvalue weighted by Gasteiger charge is 1.83. The summed E-state index contributed by atoms with van der Waals surface area (Å²) in [6.07, 6.45) is 13.3. The van der Waals surface area contributed by atoms with Crippen LogP contribution in [0.25, 0.3) is 0 Å². The van der Waals surface area contributed by atoms with E-state index in [1.165, 1.54) is 5.57 Å². The van der Waals surface area contributed by atoms with E-state index < -0.39 is 0 Å². The molecule has 0 saturated heterocycles. The fourth-order valence-corrected chi connectivity index (χ4v) is 0.747. The van der Waals surface area contributed by atoms with Crippen LogP contribution in [-0.2, 0) is 0 Å². The smallest absolute Gasteiger partial charge is 0.0195 e. The Hall–Kier alpha value is -0.750. The molecule has 0 atom stereocenters. The van der Waals surface area contributed by atoms with E-state index >= 15 is 0 Å². The highest BCUT2D eigenvalue weighted by molar-refractivity contribution is 6.17. The van der Waals surface area contributed by atoms with E-state index in [9.17, 15) is 0 Å². The van der Waals surface area contributed by atoms with Crippen LogP contribution in [0.1, 0.15) is 13.3 Å². The maximum absolute atomic E-state index is 5.00. The van der Waals surface area contributed by atoms with Gasteiger partial charge in [0.05, 0.1) is 0 Å². The van der Waals surface area contributed by atoms with Gasteiger partial charge in [0.15, 0.2) is 0 Å². The minimum absolute atomic E-state index is 0.722. The number of hydrogen-bond acceptors (Lipinski definition) is 0. The minimum Gasteiger partial charge on any atom is -0.127 e. The molecule has 1 rings (SSSR count). The van der Waals surface area contributed by atoms with Crippen LogP contribution in [0.5, 0.6) is 0 Å². The van der Waals surface area contributed by atoms with Gasteiger partial charge in [0, 0.05) is 5.88 Å². The molecule has 0 unspecified atom stereocenters. The molecule has 1 aliphatic carbocycles. The lowest BCUT2D eigenvalue weighted by molar-refractivity contribution is 1.38. The summed E-state index contributed by atoms with van der Waals surface area (Å²) in [7, 11) is 0. The van der Waals surface area contributed by atoms with E-state index in [2.05, 4.69) is 24.8 Å². The van der Waals surface area contributed by atoms with Gasteiger partial charge in [0.1, 0.15) is 0 Å². The molecule has 0 aromatic rings. The van der Waals surface area contributed by atoms with Gasteiger partial charge in [0.2, 0.25) is 0 Å². The van der Waals surface area contributed by atoms with E-state index in [-0.39, 0.29) is 0 Å². The third kappa shape index (κ3) is 5.99. The highest BCUT2D eigenvalue weighted by atomic mass is 35.5. The lowest BCUT2D eigenvalue weighted by atomic mass is 10.2. The summed E-state index contributed by atoms with van der Waals surface area (Å²) in [4.78, 5) is 0. The number of halogens is 1. The number of alkyl halides is 1. The van der Waals surface area contributed by atoms with Crippen molar-refractivity contribution in [3.8, 4) is 0 Å². The van der Waals surface area contributed by atoms with Gasteiger partial charge in [-0.05, 0) is 12.0 Å². The molecule has 0 N–H and O–H groups in total. The van der Waals surface area contributed by atoms with E-state index in [1.807, 2.05) is 25.2 Å². The molecule has 0 bridgehead atoms. The Morgan fingerprint density at radius 2 is 2.25 bits per heavy atom. The van der Waals surface area contributed by atoms with Crippen molar-refractivity contribution in [1.82, 2.24) is 0 Å². The first-order valence-corrected chi connectivity index (χ1v) is 4.60. The van der Waals surface area contributed by atoms with Gasteiger partial charge < -0.3 is 0 Å². The van der Waals surface area contributed by atoms with Crippen molar-refractivity contribution in [3.05, 3.63) is 48.6 Å². The van der Waals surface area contributed by atoms with E-state index in [0.29, 0.717) is 0 Å². The molecule has 0 radical (unpaired) electrons. The minimum atomic E-state index is 0.722. The average molecular weight is 183 g/mol. The summed E-state index contributed by atoms with van der Waals surface area (Å²) in [6, 6.07) is 0. The van der Waals surface area contributed by atoms with Crippen molar-refractivity contribution in [3.63, 3.8) is 0 Å². The molecule has 0 nitrogen and oxygen atoms in total. The van der Waals surface area contributed by atoms with Crippen molar-refractivity contribution >= 4 is 11.6 Å². The summed E-state index contributed by atoms with van der Waals surface area (Å²) in [5.74, 6) is 0.722. The van der Waals surface area contributed by atoms with Gasteiger partial charge in [-0.2, -0.15) is 0 Å². The van der Waals surface area contributed by atoms with E-state index in [0.717, 1.165) is 12.3 Å². The Kier molecular flexibility index (Phi) is 7.83. The molecule has 0 aromatic heterocycles. The number of rotatable bonds is 1. The van der Waals surface area contributed by atoms with Crippen LogP contribution in [0.4, 0.5) is 0 Å². The zero-order valence-electron chi connectivity index (χ0n) is 7.46. The molecule has 0 saturated carbocycles. The molecule has 1 aliphatic rings. The second-order valence-electron chi connectivity index (χ2n) is 2.20. The maximum Gasteiger partial charge on any atom is 0.0195 e. The molecule has 1 heteroatoms. The lowest BCUT2D eigenvalue weighted by Gasteiger charge is -1.85. The van der Waals surface area contributed by atoms with E-state index in [4.69, 9.17) is 11.6 Å². The van der Waals surface area contributed by atoms with E-state index in [1.54, 1.807) is 0 Å². The van der Waals surface area contributed by atoms with Crippen molar-refractivity contribution in [2.45, 2.75) is 13.3 Å². The largest absolute Gasteiger partial charge is 0.127 e. The van der Waals surface area contributed by atoms with Crippen LogP contribution in [0.3, 0.4) is 0 Å². The molecule has 0 heterocycles. The topological polar surface area (TPSA) is 0 Å². The first-order chi connectivity index (χ1) is 5.85. The second-order valence-corrected chi connectivity index (χ2v) is 2.73. The van der Waals surface area contributed by atoms with Gasteiger partial charge in [-0.3, -0.25) is 0 Å². The standard InChI is InChI=1S/C9H10.C2H5Cl/c1-2-9-7-5-3-4-6-8-9;1-2-3/h2-5,7-8H,1,6H2;2H2,1H3. The van der Waals surface area contributed by atoms with Crippen molar-refractivity contribution in [2.24, 2.45) is 0 Å². The fourth-order valence-electron chi connectivity index (χ4n) is 0.747. The summed E-state index contributed by atoms with van der Waals surface area (Å²) in [6.45, 7) is 5.57. The van der Waals surface area contributed by atoms with Crippen LogP contribution in [0.15, 0.2) is 48.6 Å². The van der Waals surface area contributed by atoms with Gasteiger partial charge >= 0.3 is 0 Å². The van der Waals surface area contributed by atoms with Crippen LogP contribution >= 0.6 is 11.6 Å². The van der Waals surface area contributed by atoms with Gasteiger partial charge in [-0.25, -0.2) is 0 Å². The van der Waals surface area contributed by atoms with Crippen LogP contribution in [-0.4, -0.2) is 5.88 Å². The Morgan fingerprint density at radius 1 is 1.58 bits per heavy atom. The Balaban J connectivity index is 0.000000354. The Morgan fingerprint density at radius 3 is 2.83 bits per heavy atom. The number of hydrogen-bond donors (Lipinski definition) is 0. The van der Waals surface area contributed by atoms with Gasteiger partial charge in [0.25, 0.3) is 0 Å². The molecule has 0 aliphatic heterocycles. The van der Waals surface area contributed by atoms with Crippen LogP contribution in [0.2, 0.25) is 0 Å². The van der Waals surface area contributed by atoms with Crippen LogP contribution < -0.4 is 0 Å². The zero-order chi connectivity index (χ0) is 9.23. The molecule has 0 aromatic carbocycles. The highest BCUT2D eigenvalue weighted by Crippen LogP contribution is 2.04. The fraction of sp³-hybridized carbons (Fsp3) is 0.273. The quantitative estimate of drug-likeness (QED) is 0.541. The molecule has 0 amide bonds. The molecular weight excluding hydrogens is 168 g/mol. The summed E-state index contributed by atoms with van der Waals surface area (Å²) in [5.41, 5.74) is 1.21. The lowest BCUT2D eigenvalue weighted by Crippen LogP contribution is -1.65. The monoisotopic (exact) mass is 182 g/mol. The molecular formula is C11H15Cl. The Labute approximate surface area is 79.9 Å². The molecule has 12 heavy (non-hydrogen) atoms. The first-order valence-electron chi connectivity index (χ1n) is 4.07. The predicted octanol–water partition coefficient (Wildman–Crippen LogP) is 3.86. The van der Waals surface area contributed by atoms with Crippen LogP contribution in [0, 0.1) is 0 Å². The third-order valence-electron chi connectivity index (χ3n) is 1.26. The first kappa shape index (κ1) is 11.2. The zero-order valence-corrected chi connectivity index (χ0v) is 8.22. The summed E-state index contributed by atoms with van der Waals surface area (Å²) in [5, 5.41) is 0. The van der Waals surface area contributed by atoms with Crippen molar-refractivity contribution in [2.75, 3.05) is 5.88 Å². The number of allylic oxidation sites excluding steroid dienone is 7. The van der Waals surface area contributed by atoms with Crippen molar-refractivity contribution in [1.29, 1.82) is 0 Å². The molecule has 66 valence electrons. The Bertz CT molecular complexity index is 197. The molecule has 0 fully saturated rings. The van der Waals surface area contributed by atoms with Gasteiger partial charge in [-0.1, -0.05) is 50.0 Å². The second kappa shape index (κ2) is 8.35. The molecule has 0 spiro atoms. The predicted molar refractivity (Wildman–Crippen MR) is 57.6 cm³/mol. The van der Waals surface area contributed by atoms with Gasteiger partial charge in [-0.15, -0.1) is 11.6 Å². The average Bonchev–Trinajstić information content (AvgIpc) is 2.33. The van der Waals surface area contributed by atoms with Crippen molar-refractivity contribution < 1.29 is 0 Å². The maximum atomic E-state index is 5.00. The normalized spacial score (nSPS) is 14.0. The summed E-state index contributed by atoms with van der Waals surface area (Å²) < 4.78 is 0. The third-order valence-corrected chi connectivity index (χ3v) is 1.26. The SMILES string of the molecule is C=CC1=CCC=CC=C1.CCCl.